The quantitative estimate of drug-likeness (QED) is 0.268. The first-order chi connectivity index (χ1) is 15.0. The number of hydrogen-bond acceptors (Lipinski definition) is 4. The summed E-state index contributed by atoms with van der Waals surface area (Å²) < 4.78 is 0. The van der Waals surface area contributed by atoms with Gasteiger partial charge < -0.3 is 20.4 Å². The van der Waals surface area contributed by atoms with E-state index in [-0.39, 0.29) is 29.9 Å². The fraction of sp³-hybridized carbons (Fsp3) is 0.458. The minimum atomic E-state index is 0. The van der Waals surface area contributed by atoms with Gasteiger partial charge in [0.15, 0.2) is 5.96 Å². The van der Waals surface area contributed by atoms with Crippen LogP contribution in [-0.2, 0) is 13.0 Å². The number of carbonyl (C=O) groups is 1. The number of aliphatic imine (C=N–C) groups is 1. The van der Waals surface area contributed by atoms with E-state index in [9.17, 15) is 4.79 Å². The van der Waals surface area contributed by atoms with E-state index in [0.717, 1.165) is 55.5 Å². The number of pyridine rings is 1. The fourth-order valence-corrected chi connectivity index (χ4v) is 3.20. The molecule has 1 aromatic heterocycles. The molecule has 0 aliphatic rings. The Balaban J connectivity index is 0.00000512. The minimum Gasteiger partial charge on any atom is -0.357 e. The third kappa shape index (κ3) is 8.64. The van der Waals surface area contributed by atoms with Crippen molar-refractivity contribution in [1.29, 1.82) is 0 Å². The van der Waals surface area contributed by atoms with Crippen molar-refractivity contribution in [1.82, 2.24) is 20.5 Å². The molecule has 7 nitrogen and oxygen atoms in total. The molecule has 0 atom stereocenters. The van der Waals surface area contributed by atoms with E-state index >= 15 is 0 Å². The second-order valence-corrected chi connectivity index (χ2v) is 7.47. The summed E-state index contributed by atoms with van der Waals surface area (Å²) in [7, 11) is 3.53. The van der Waals surface area contributed by atoms with Gasteiger partial charge in [-0.15, -0.1) is 24.0 Å². The van der Waals surface area contributed by atoms with E-state index in [0.29, 0.717) is 12.1 Å². The molecule has 8 heteroatoms. The molecule has 1 heterocycles. The molecule has 1 aromatic carbocycles. The van der Waals surface area contributed by atoms with Crippen LogP contribution in [0.4, 0.5) is 5.82 Å². The Bertz CT molecular complexity index is 850. The average molecular weight is 553 g/mol. The Hall–Kier alpha value is -2.36. The molecule has 2 aromatic rings. The molecule has 0 saturated carbocycles. The zero-order chi connectivity index (χ0) is 22.6. The van der Waals surface area contributed by atoms with Crippen LogP contribution in [0.3, 0.4) is 0 Å². The van der Waals surface area contributed by atoms with Crippen LogP contribution in [0.5, 0.6) is 0 Å². The van der Waals surface area contributed by atoms with Crippen molar-refractivity contribution in [3.05, 3.63) is 59.3 Å². The number of rotatable bonds is 10. The largest absolute Gasteiger partial charge is 0.357 e. The smallest absolute Gasteiger partial charge is 0.253 e. The standard InChI is InChI=1S/C24H36N6O.HI/c1-6-25-24(28-18-20-12-13-22(27-17-20)30(7-2)8-3)26-15-14-19-10-9-11-21(16-19)23(31)29(4)5;/h9-13,16-17H,6-8,14-15,18H2,1-5H3,(H2,25,26,28);1H. The Morgan fingerprint density at radius 2 is 1.78 bits per heavy atom. The number of nitrogens with zero attached hydrogens (tertiary/aromatic N) is 4. The molecular formula is C24H37IN6O. The maximum atomic E-state index is 12.1. The van der Waals surface area contributed by atoms with Crippen LogP contribution in [-0.4, -0.2) is 62.0 Å². The topological polar surface area (TPSA) is 72.9 Å². The molecular weight excluding hydrogens is 515 g/mol. The number of aromatic nitrogens is 1. The zero-order valence-corrected chi connectivity index (χ0v) is 22.2. The third-order valence-corrected chi connectivity index (χ3v) is 4.95. The monoisotopic (exact) mass is 552 g/mol. The summed E-state index contributed by atoms with van der Waals surface area (Å²) in [6.07, 6.45) is 2.70. The summed E-state index contributed by atoms with van der Waals surface area (Å²) >= 11 is 0. The maximum Gasteiger partial charge on any atom is 0.253 e. The summed E-state index contributed by atoms with van der Waals surface area (Å²) in [4.78, 5) is 25.2. The van der Waals surface area contributed by atoms with Gasteiger partial charge in [-0.3, -0.25) is 4.79 Å². The highest BCUT2D eigenvalue weighted by molar-refractivity contribution is 14.0. The number of nitrogens with one attached hydrogen (secondary N) is 2. The molecule has 0 saturated heterocycles. The first kappa shape index (κ1) is 27.7. The molecule has 32 heavy (non-hydrogen) atoms. The molecule has 0 unspecified atom stereocenters. The van der Waals surface area contributed by atoms with Crippen molar-refractivity contribution in [2.75, 3.05) is 45.2 Å². The predicted molar refractivity (Wildman–Crippen MR) is 144 cm³/mol. The number of hydrogen-bond donors (Lipinski definition) is 2. The first-order valence-electron chi connectivity index (χ1n) is 11.0. The van der Waals surface area contributed by atoms with Crippen LogP contribution >= 0.6 is 24.0 Å². The highest BCUT2D eigenvalue weighted by atomic mass is 127. The van der Waals surface area contributed by atoms with Crippen molar-refractivity contribution in [3.63, 3.8) is 0 Å². The van der Waals surface area contributed by atoms with Gasteiger partial charge in [-0.1, -0.05) is 18.2 Å². The van der Waals surface area contributed by atoms with Crippen molar-refractivity contribution in [3.8, 4) is 0 Å². The minimum absolute atomic E-state index is 0. The summed E-state index contributed by atoms with van der Waals surface area (Å²) in [5, 5.41) is 6.65. The second-order valence-electron chi connectivity index (χ2n) is 7.47. The van der Waals surface area contributed by atoms with Gasteiger partial charge >= 0.3 is 0 Å². The van der Waals surface area contributed by atoms with Gasteiger partial charge in [0.25, 0.3) is 5.91 Å². The lowest BCUT2D eigenvalue weighted by Gasteiger charge is -2.19. The molecule has 1 amide bonds. The van der Waals surface area contributed by atoms with Crippen molar-refractivity contribution in [2.45, 2.75) is 33.7 Å². The van der Waals surface area contributed by atoms with E-state index in [1.54, 1.807) is 19.0 Å². The summed E-state index contributed by atoms with van der Waals surface area (Å²) in [6, 6.07) is 11.9. The van der Waals surface area contributed by atoms with E-state index in [4.69, 9.17) is 0 Å². The van der Waals surface area contributed by atoms with Crippen LogP contribution in [0.1, 0.15) is 42.3 Å². The van der Waals surface area contributed by atoms with E-state index in [2.05, 4.69) is 51.5 Å². The lowest BCUT2D eigenvalue weighted by molar-refractivity contribution is 0.0827. The van der Waals surface area contributed by atoms with Gasteiger partial charge in [0.1, 0.15) is 5.82 Å². The van der Waals surface area contributed by atoms with E-state index in [1.807, 2.05) is 37.4 Å². The molecule has 0 bridgehead atoms. The molecule has 0 radical (unpaired) electrons. The van der Waals surface area contributed by atoms with Crippen molar-refractivity contribution >= 4 is 41.7 Å². The highest BCUT2D eigenvalue weighted by Gasteiger charge is 2.08. The molecule has 0 fully saturated rings. The molecule has 176 valence electrons. The average Bonchev–Trinajstić information content (AvgIpc) is 2.78. The Morgan fingerprint density at radius 3 is 2.38 bits per heavy atom. The van der Waals surface area contributed by atoms with Crippen LogP contribution in [0, 0.1) is 0 Å². The summed E-state index contributed by atoms with van der Waals surface area (Å²) in [5.74, 6) is 1.79. The number of halogens is 1. The molecule has 0 aliphatic carbocycles. The lowest BCUT2D eigenvalue weighted by Crippen LogP contribution is -2.38. The Morgan fingerprint density at radius 1 is 1.03 bits per heavy atom. The van der Waals surface area contributed by atoms with Crippen LogP contribution < -0.4 is 15.5 Å². The Labute approximate surface area is 209 Å². The van der Waals surface area contributed by atoms with E-state index < -0.39 is 0 Å². The van der Waals surface area contributed by atoms with E-state index in [1.165, 1.54) is 0 Å². The van der Waals surface area contributed by atoms with Crippen LogP contribution in [0.15, 0.2) is 47.6 Å². The van der Waals surface area contributed by atoms with Crippen LogP contribution in [0.2, 0.25) is 0 Å². The molecule has 2 rings (SSSR count). The zero-order valence-electron chi connectivity index (χ0n) is 19.9. The number of amides is 1. The fourth-order valence-electron chi connectivity index (χ4n) is 3.20. The molecule has 0 aliphatic heterocycles. The SMILES string of the molecule is CCNC(=NCc1ccc(N(CC)CC)nc1)NCCc1cccc(C(=O)N(C)C)c1.I. The van der Waals surface area contributed by atoms with Gasteiger partial charge in [0.2, 0.25) is 0 Å². The molecule has 0 spiro atoms. The van der Waals surface area contributed by atoms with Gasteiger partial charge in [-0.05, 0) is 56.5 Å². The van der Waals surface area contributed by atoms with Gasteiger partial charge in [0.05, 0.1) is 6.54 Å². The van der Waals surface area contributed by atoms with Gasteiger partial charge in [-0.25, -0.2) is 9.98 Å². The lowest BCUT2D eigenvalue weighted by atomic mass is 10.1. The summed E-state index contributed by atoms with van der Waals surface area (Å²) in [6.45, 7) is 10.3. The first-order valence-corrected chi connectivity index (χ1v) is 11.0. The van der Waals surface area contributed by atoms with Crippen molar-refractivity contribution < 1.29 is 4.79 Å². The van der Waals surface area contributed by atoms with Gasteiger partial charge in [-0.2, -0.15) is 0 Å². The van der Waals surface area contributed by atoms with Gasteiger partial charge in [0, 0.05) is 52.0 Å². The predicted octanol–water partition coefficient (Wildman–Crippen LogP) is 3.55. The van der Waals surface area contributed by atoms with Crippen LogP contribution in [0.25, 0.3) is 0 Å². The number of benzene rings is 1. The number of guanidine groups is 1. The maximum absolute atomic E-state index is 12.1. The number of carbonyl (C=O) groups excluding carboxylic acids is 1. The van der Waals surface area contributed by atoms with Crippen molar-refractivity contribution in [2.24, 2.45) is 4.99 Å². The highest BCUT2D eigenvalue weighted by Crippen LogP contribution is 2.11. The Kier molecular flexibility index (Phi) is 12.7. The normalized spacial score (nSPS) is 10.8. The third-order valence-electron chi connectivity index (χ3n) is 4.95. The summed E-state index contributed by atoms with van der Waals surface area (Å²) in [5.41, 5.74) is 2.90. The molecule has 2 N–H and O–H groups in total. The number of anilines is 1. The second kappa shape index (κ2) is 14.7.